The van der Waals surface area contributed by atoms with Crippen molar-refractivity contribution in [3.05, 3.63) is 42.0 Å². The van der Waals surface area contributed by atoms with Crippen LogP contribution in [0, 0.1) is 5.92 Å². The zero-order chi connectivity index (χ0) is 18.7. The Bertz CT molecular complexity index is 703. The van der Waals surface area contributed by atoms with Crippen LogP contribution in [-0.2, 0) is 22.4 Å². The quantitative estimate of drug-likeness (QED) is 0.825. The van der Waals surface area contributed by atoms with Crippen LogP contribution in [0.15, 0.2) is 30.9 Å². The second-order valence-electron chi connectivity index (χ2n) is 7.79. The standard InChI is InChI=1S/C21H28N2O3/c1-4-18(24)23-12-9-16(10-13-23)20(25)22-11-8-15-6-5-7-17-14-21(2,3)26-19(15)17/h4-7,16H,1,8-14H2,2-3H3,(H,22,25). The van der Waals surface area contributed by atoms with Gasteiger partial charge in [0.2, 0.25) is 11.8 Å². The molecule has 26 heavy (non-hydrogen) atoms. The third kappa shape index (κ3) is 4.09. The van der Waals surface area contributed by atoms with Crippen LogP contribution in [-0.4, -0.2) is 41.9 Å². The van der Waals surface area contributed by atoms with Crippen molar-refractivity contribution in [2.45, 2.75) is 45.1 Å². The van der Waals surface area contributed by atoms with Gasteiger partial charge in [-0.2, -0.15) is 0 Å². The van der Waals surface area contributed by atoms with Crippen LogP contribution in [0.3, 0.4) is 0 Å². The summed E-state index contributed by atoms with van der Waals surface area (Å²) in [6.07, 6.45) is 4.44. The molecule has 0 spiro atoms. The lowest BCUT2D eigenvalue weighted by molar-refractivity contribution is -0.132. The number of rotatable bonds is 5. The fraction of sp³-hybridized carbons (Fsp3) is 0.524. The molecule has 0 unspecified atom stereocenters. The molecule has 0 atom stereocenters. The predicted molar refractivity (Wildman–Crippen MR) is 101 cm³/mol. The summed E-state index contributed by atoms with van der Waals surface area (Å²) < 4.78 is 6.09. The zero-order valence-electron chi connectivity index (χ0n) is 15.7. The second kappa shape index (κ2) is 7.52. The molecule has 5 heteroatoms. The van der Waals surface area contributed by atoms with Gasteiger partial charge in [-0.05, 0) is 50.3 Å². The molecule has 1 aromatic carbocycles. The van der Waals surface area contributed by atoms with Gasteiger partial charge in [0.15, 0.2) is 0 Å². The molecule has 2 amide bonds. The van der Waals surface area contributed by atoms with Gasteiger partial charge in [0.25, 0.3) is 0 Å². The summed E-state index contributed by atoms with van der Waals surface area (Å²) >= 11 is 0. The molecule has 140 valence electrons. The highest BCUT2D eigenvalue weighted by atomic mass is 16.5. The van der Waals surface area contributed by atoms with Crippen LogP contribution in [0.25, 0.3) is 0 Å². The van der Waals surface area contributed by atoms with E-state index in [4.69, 9.17) is 4.74 Å². The van der Waals surface area contributed by atoms with E-state index in [9.17, 15) is 9.59 Å². The highest BCUT2D eigenvalue weighted by Crippen LogP contribution is 2.37. The number of nitrogens with one attached hydrogen (secondary N) is 1. The molecule has 0 aromatic heterocycles. The molecule has 0 radical (unpaired) electrons. The van der Waals surface area contributed by atoms with Gasteiger partial charge < -0.3 is 15.0 Å². The first kappa shape index (κ1) is 18.5. The van der Waals surface area contributed by atoms with Gasteiger partial charge in [-0.1, -0.05) is 24.8 Å². The Morgan fingerprint density at radius 1 is 1.35 bits per heavy atom. The van der Waals surface area contributed by atoms with E-state index in [1.54, 1.807) is 4.90 Å². The highest BCUT2D eigenvalue weighted by molar-refractivity contribution is 5.87. The number of carbonyl (C=O) groups excluding carboxylic acids is 2. The lowest BCUT2D eigenvalue weighted by Crippen LogP contribution is -2.42. The lowest BCUT2D eigenvalue weighted by Gasteiger charge is -2.30. The van der Waals surface area contributed by atoms with Crippen molar-refractivity contribution in [2.24, 2.45) is 5.92 Å². The van der Waals surface area contributed by atoms with Crippen LogP contribution >= 0.6 is 0 Å². The summed E-state index contributed by atoms with van der Waals surface area (Å²) in [5, 5.41) is 3.05. The minimum absolute atomic E-state index is 0.0134. The molecule has 1 fully saturated rings. The number of nitrogens with zero attached hydrogens (tertiary/aromatic N) is 1. The molecule has 2 aliphatic heterocycles. The Labute approximate surface area is 155 Å². The van der Waals surface area contributed by atoms with Crippen LogP contribution in [0.5, 0.6) is 5.75 Å². The first-order valence-electron chi connectivity index (χ1n) is 9.38. The summed E-state index contributed by atoms with van der Waals surface area (Å²) in [7, 11) is 0. The Morgan fingerprint density at radius 3 is 2.77 bits per heavy atom. The summed E-state index contributed by atoms with van der Waals surface area (Å²) in [6, 6.07) is 6.25. The van der Waals surface area contributed by atoms with Crippen LogP contribution in [0.1, 0.15) is 37.8 Å². The average Bonchev–Trinajstić information content (AvgIpc) is 2.95. The van der Waals surface area contributed by atoms with E-state index in [-0.39, 0.29) is 23.3 Å². The van der Waals surface area contributed by atoms with E-state index in [0.29, 0.717) is 32.5 Å². The Hall–Kier alpha value is -2.30. The van der Waals surface area contributed by atoms with E-state index >= 15 is 0 Å². The number of likely N-dealkylation sites (tertiary alicyclic amines) is 1. The molecule has 1 saturated heterocycles. The number of para-hydroxylation sites is 1. The molecular formula is C21H28N2O3. The number of ether oxygens (including phenoxy) is 1. The maximum Gasteiger partial charge on any atom is 0.245 e. The number of piperidine rings is 1. The Balaban J connectivity index is 1.48. The van der Waals surface area contributed by atoms with Gasteiger partial charge >= 0.3 is 0 Å². The predicted octanol–water partition coefficient (Wildman–Crippen LogP) is 2.48. The van der Waals surface area contributed by atoms with Crippen molar-refractivity contribution in [1.82, 2.24) is 10.2 Å². The number of benzene rings is 1. The molecule has 1 aromatic rings. The van der Waals surface area contributed by atoms with E-state index in [1.807, 2.05) is 0 Å². The van der Waals surface area contributed by atoms with Crippen molar-refractivity contribution in [3.8, 4) is 5.75 Å². The summed E-state index contributed by atoms with van der Waals surface area (Å²) in [6.45, 7) is 9.56. The number of carbonyl (C=O) groups is 2. The number of hydrogen-bond donors (Lipinski definition) is 1. The van der Waals surface area contributed by atoms with Crippen molar-refractivity contribution >= 4 is 11.8 Å². The Kier molecular flexibility index (Phi) is 5.35. The molecule has 0 saturated carbocycles. The fourth-order valence-electron chi connectivity index (χ4n) is 3.83. The second-order valence-corrected chi connectivity index (χ2v) is 7.79. The fourth-order valence-corrected chi connectivity index (χ4v) is 3.83. The molecule has 1 N–H and O–H groups in total. The molecule has 5 nitrogen and oxygen atoms in total. The monoisotopic (exact) mass is 356 g/mol. The Morgan fingerprint density at radius 2 is 2.08 bits per heavy atom. The normalized spacial score (nSPS) is 18.8. The van der Waals surface area contributed by atoms with Gasteiger partial charge in [-0.25, -0.2) is 0 Å². The van der Waals surface area contributed by atoms with E-state index in [2.05, 4.69) is 43.9 Å². The minimum atomic E-state index is -0.154. The summed E-state index contributed by atoms with van der Waals surface area (Å²) in [4.78, 5) is 25.8. The van der Waals surface area contributed by atoms with Crippen molar-refractivity contribution < 1.29 is 14.3 Å². The molecular weight excluding hydrogens is 328 g/mol. The van der Waals surface area contributed by atoms with Crippen LogP contribution in [0.2, 0.25) is 0 Å². The first-order valence-corrected chi connectivity index (χ1v) is 9.38. The van der Waals surface area contributed by atoms with Gasteiger partial charge in [0, 0.05) is 32.0 Å². The van der Waals surface area contributed by atoms with Crippen molar-refractivity contribution in [2.75, 3.05) is 19.6 Å². The topological polar surface area (TPSA) is 58.6 Å². The van der Waals surface area contributed by atoms with Crippen LogP contribution < -0.4 is 10.1 Å². The zero-order valence-corrected chi connectivity index (χ0v) is 15.7. The first-order chi connectivity index (χ1) is 12.4. The van der Waals surface area contributed by atoms with Gasteiger partial charge in [0.05, 0.1) is 0 Å². The highest BCUT2D eigenvalue weighted by Gasteiger charge is 2.31. The maximum absolute atomic E-state index is 12.4. The summed E-state index contributed by atoms with van der Waals surface area (Å²) in [5.41, 5.74) is 2.25. The molecule has 2 heterocycles. The molecule has 0 aliphatic carbocycles. The SMILES string of the molecule is C=CC(=O)N1CCC(C(=O)NCCc2cccc3c2OC(C)(C)C3)CC1. The van der Waals surface area contributed by atoms with E-state index in [0.717, 1.165) is 24.2 Å². The number of amides is 2. The van der Waals surface area contributed by atoms with E-state index in [1.165, 1.54) is 11.6 Å². The van der Waals surface area contributed by atoms with E-state index < -0.39 is 0 Å². The number of fused-ring (bicyclic) bond motifs is 1. The summed E-state index contributed by atoms with van der Waals surface area (Å²) in [5.74, 6) is 1.01. The van der Waals surface area contributed by atoms with Gasteiger partial charge in [-0.15, -0.1) is 0 Å². The van der Waals surface area contributed by atoms with Gasteiger partial charge in [-0.3, -0.25) is 9.59 Å². The van der Waals surface area contributed by atoms with Gasteiger partial charge in [0.1, 0.15) is 11.4 Å². The lowest BCUT2D eigenvalue weighted by atomic mass is 9.95. The third-order valence-electron chi connectivity index (χ3n) is 5.22. The molecule has 0 bridgehead atoms. The number of hydrogen-bond acceptors (Lipinski definition) is 3. The van der Waals surface area contributed by atoms with Crippen molar-refractivity contribution in [1.29, 1.82) is 0 Å². The van der Waals surface area contributed by atoms with Crippen LogP contribution in [0.4, 0.5) is 0 Å². The average molecular weight is 356 g/mol. The molecule has 2 aliphatic rings. The van der Waals surface area contributed by atoms with Crippen molar-refractivity contribution in [3.63, 3.8) is 0 Å². The minimum Gasteiger partial charge on any atom is -0.487 e. The smallest absolute Gasteiger partial charge is 0.245 e. The third-order valence-corrected chi connectivity index (χ3v) is 5.22. The maximum atomic E-state index is 12.4. The molecule has 3 rings (SSSR count). The largest absolute Gasteiger partial charge is 0.487 e.